The molecule has 0 saturated carbocycles. The Hall–Kier alpha value is -0.120. The van der Waals surface area contributed by atoms with E-state index < -0.39 is 0 Å². The van der Waals surface area contributed by atoms with Crippen LogP contribution in [0.3, 0.4) is 0 Å². The van der Waals surface area contributed by atoms with E-state index in [0.717, 1.165) is 38.8 Å². The second kappa shape index (κ2) is 8.13. The highest BCUT2D eigenvalue weighted by Gasteiger charge is 2.33. The quantitative estimate of drug-likeness (QED) is 0.721. The lowest BCUT2D eigenvalue weighted by atomic mass is 9.81. The summed E-state index contributed by atoms with van der Waals surface area (Å²) in [6, 6.07) is 0. The summed E-state index contributed by atoms with van der Waals surface area (Å²) in [5.74, 6) is 0.788. The maximum Gasteiger partial charge on any atom is 0.0546 e. The van der Waals surface area contributed by atoms with Crippen LogP contribution in [0.25, 0.3) is 0 Å². The Balaban J connectivity index is 2.49. The standard InChI is InChI=1S/C15H32N2O/c1-5-14(3)10-17(4)12-15(11-16-6-2)8-7-9-18-13-15/h14,16H,5-13H2,1-4H3. The topological polar surface area (TPSA) is 24.5 Å². The van der Waals surface area contributed by atoms with Crippen LogP contribution in [0.2, 0.25) is 0 Å². The fraction of sp³-hybridized carbons (Fsp3) is 1.00. The van der Waals surface area contributed by atoms with Crippen molar-refractivity contribution >= 4 is 0 Å². The lowest BCUT2D eigenvalue weighted by Gasteiger charge is -2.40. The molecule has 3 nitrogen and oxygen atoms in total. The average molecular weight is 256 g/mol. The predicted octanol–water partition coefficient (Wildman–Crippen LogP) is 2.37. The number of ether oxygens (including phenoxy) is 1. The van der Waals surface area contributed by atoms with E-state index in [1.807, 2.05) is 0 Å². The first-order valence-electron chi connectivity index (χ1n) is 7.59. The highest BCUT2D eigenvalue weighted by molar-refractivity contribution is 4.86. The molecule has 18 heavy (non-hydrogen) atoms. The molecule has 1 saturated heterocycles. The van der Waals surface area contributed by atoms with E-state index in [1.165, 1.54) is 25.8 Å². The van der Waals surface area contributed by atoms with Crippen LogP contribution in [0.1, 0.15) is 40.0 Å². The highest BCUT2D eigenvalue weighted by atomic mass is 16.5. The number of hydrogen-bond acceptors (Lipinski definition) is 3. The third-order valence-corrected chi connectivity index (χ3v) is 4.08. The summed E-state index contributed by atoms with van der Waals surface area (Å²) in [6.45, 7) is 13.2. The predicted molar refractivity (Wildman–Crippen MR) is 78.0 cm³/mol. The maximum atomic E-state index is 5.75. The Bertz CT molecular complexity index is 215. The second-order valence-electron chi connectivity index (χ2n) is 6.15. The Kier molecular flexibility index (Phi) is 7.20. The zero-order chi connectivity index (χ0) is 13.4. The van der Waals surface area contributed by atoms with Crippen LogP contribution in [-0.4, -0.2) is 51.3 Å². The van der Waals surface area contributed by atoms with Crippen LogP contribution in [0.5, 0.6) is 0 Å². The van der Waals surface area contributed by atoms with Crippen LogP contribution < -0.4 is 5.32 Å². The number of hydrogen-bond donors (Lipinski definition) is 1. The van der Waals surface area contributed by atoms with Crippen molar-refractivity contribution in [2.45, 2.75) is 40.0 Å². The van der Waals surface area contributed by atoms with Gasteiger partial charge in [0.2, 0.25) is 0 Å². The maximum absolute atomic E-state index is 5.75. The van der Waals surface area contributed by atoms with Gasteiger partial charge in [0.25, 0.3) is 0 Å². The van der Waals surface area contributed by atoms with E-state index in [0.29, 0.717) is 5.41 Å². The summed E-state index contributed by atoms with van der Waals surface area (Å²) < 4.78 is 5.75. The minimum Gasteiger partial charge on any atom is -0.381 e. The Morgan fingerprint density at radius 1 is 1.39 bits per heavy atom. The van der Waals surface area contributed by atoms with E-state index in [4.69, 9.17) is 4.74 Å². The molecule has 1 rings (SSSR count). The van der Waals surface area contributed by atoms with Crippen molar-refractivity contribution in [3.8, 4) is 0 Å². The molecule has 108 valence electrons. The largest absolute Gasteiger partial charge is 0.381 e. The van der Waals surface area contributed by atoms with Crippen molar-refractivity contribution in [2.24, 2.45) is 11.3 Å². The van der Waals surface area contributed by atoms with Gasteiger partial charge in [0.1, 0.15) is 0 Å². The van der Waals surface area contributed by atoms with Gasteiger partial charge in [-0.3, -0.25) is 0 Å². The van der Waals surface area contributed by atoms with E-state index in [2.05, 4.69) is 38.0 Å². The van der Waals surface area contributed by atoms with Gasteiger partial charge in [-0.05, 0) is 32.4 Å². The van der Waals surface area contributed by atoms with Gasteiger partial charge in [0.05, 0.1) is 6.61 Å². The first kappa shape index (κ1) is 15.9. The van der Waals surface area contributed by atoms with Crippen LogP contribution >= 0.6 is 0 Å². The molecule has 1 aliphatic rings. The lowest BCUT2D eigenvalue weighted by Crippen LogP contribution is -2.48. The molecule has 0 aromatic carbocycles. The molecule has 0 radical (unpaired) electrons. The molecular formula is C15H32N2O. The van der Waals surface area contributed by atoms with Crippen LogP contribution in [0.4, 0.5) is 0 Å². The van der Waals surface area contributed by atoms with Crippen LogP contribution in [0.15, 0.2) is 0 Å². The molecule has 1 heterocycles. The van der Waals surface area contributed by atoms with Crippen LogP contribution in [-0.2, 0) is 4.74 Å². The van der Waals surface area contributed by atoms with Gasteiger partial charge in [-0.15, -0.1) is 0 Å². The fourth-order valence-electron chi connectivity index (χ4n) is 2.92. The normalized spacial score (nSPS) is 26.5. The van der Waals surface area contributed by atoms with Crippen molar-refractivity contribution in [2.75, 3.05) is 46.4 Å². The first-order valence-corrected chi connectivity index (χ1v) is 7.59. The smallest absolute Gasteiger partial charge is 0.0546 e. The number of nitrogens with zero attached hydrogens (tertiary/aromatic N) is 1. The van der Waals surface area contributed by atoms with Crippen molar-refractivity contribution in [1.82, 2.24) is 10.2 Å². The van der Waals surface area contributed by atoms with E-state index in [-0.39, 0.29) is 0 Å². The van der Waals surface area contributed by atoms with Gasteiger partial charge in [0, 0.05) is 31.7 Å². The summed E-state index contributed by atoms with van der Waals surface area (Å²) in [5, 5.41) is 3.52. The summed E-state index contributed by atoms with van der Waals surface area (Å²) in [5.41, 5.74) is 0.330. The van der Waals surface area contributed by atoms with Gasteiger partial charge in [-0.1, -0.05) is 27.2 Å². The summed E-state index contributed by atoms with van der Waals surface area (Å²) in [6.07, 6.45) is 3.77. The summed E-state index contributed by atoms with van der Waals surface area (Å²) in [7, 11) is 2.26. The monoisotopic (exact) mass is 256 g/mol. The van der Waals surface area contributed by atoms with Gasteiger partial charge < -0.3 is 15.0 Å². The minimum absolute atomic E-state index is 0.330. The molecule has 2 atom stereocenters. The van der Waals surface area contributed by atoms with Crippen molar-refractivity contribution in [3.05, 3.63) is 0 Å². The average Bonchev–Trinajstić information content (AvgIpc) is 2.37. The molecule has 0 amide bonds. The zero-order valence-electron chi connectivity index (χ0n) is 12.8. The van der Waals surface area contributed by atoms with Gasteiger partial charge >= 0.3 is 0 Å². The van der Waals surface area contributed by atoms with E-state index in [1.54, 1.807) is 0 Å². The zero-order valence-corrected chi connectivity index (χ0v) is 12.8. The molecular weight excluding hydrogens is 224 g/mol. The van der Waals surface area contributed by atoms with Crippen LogP contribution in [0, 0.1) is 11.3 Å². The van der Waals surface area contributed by atoms with Gasteiger partial charge in [-0.25, -0.2) is 0 Å². The molecule has 0 bridgehead atoms. The Morgan fingerprint density at radius 3 is 2.72 bits per heavy atom. The molecule has 2 unspecified atom stereocenters. The lowest BCUT2D eigenvalue weighted by molar-refractivity contribution is -0.0239. The molecule has 3 heteroatoms. The second-order valence-corrected chi connectivity index (χ2v) is 6.15. The fourth-order valence-corrected chi connectivity index (χ4v) is 2.92. The first-order chi connectivity index (χ1) is 8.62. The third kappa shape index (κ3) is 5.25. The van der Waals surface area contributed by atoms with E-state index >= 15 is 0 Å². The molecule has 0 spiro atoms. The molecule has 0 aromatic heterocycles. The molecule has 1 N–H and O–H groups in total. The highest BCUT2D eigenvalue weighted by Crippen LogP contribution is 2.29. The Labute approximate surface area is 113 Å². The van der Waals surface area contributed by atoms with Gasteiger partial charge in [0.15, 0.2) is 0 Å². The van der Waals surface area contributed by atoms with Crippen molar-refractivity contribution < 1.29 is 4.74 Å². The number of nitrogens with one attached hydrogen (secondary N) is 1. The molecule has 0 aromatic rings. The SMILES string of the molecule is CCNCC1(CN(C)CC(C)CC)CCCOC1. The summed E-state index contributed by atoms with van der Waals surface area (Å²) in [4.78, 5) is 2.50. The molecule has 1 fully saturated rings. The summed E-state index contributed by atoms with van der Waals surface area (Å²) >= 11 is 0. The van der Waals surface area contributed by atoms with Crippen molar-refractivity contribution in [3.63, 3.8) is 0 Å². The van der Waals surface area contributed by atoms with Gasteiger partial charge in [-0.2, -0.15) is 0 Å². The Morgan fingerprint density at radius 2 is 2.17 bits per heavy atom. The molecule has 0 aliphatic carbocycles. The van der Waals surface area contributed by atoms with Crippen molar-refractivity contribution in [1.29, 1.82) is 0 Å². The number of rotatable bonds is 8. The van der Waals surface area contributed by atoms with E-state index in [9.17, 15) is 0 Å². The minimum atomic E-state index is 0.330. The third-order valence-electron chi connectivity index (χ3n) is 4.08. The molecule has 1 aliphatic heterocycles.